The standard InChI is InChI=1S/C12H17O/c1-3-6-10-8-5-9-11(7-4-2)12(10)13/h5,8-9H,3-4,6-7H2,1-2H3. The molecule has 71 valence electrons. The molecule has 0 aliphatic heterocycles. The predicted octanol–water partition coefficient (Wildman–Crippen LogP) is 3.74. The van der Waals surface area contributed by atoms with Crippen LogP contribution in [0.4, 0.5) is 0 Å². The number of aryl methyl sites for hydroxylation is 2. The molecule has 0 aliphatic carbocycles. The normalized spacial score (nSPS) is 10.3. The minimum Gasteiger partial charge on any atom is -0.289 e. The number of hydrogen-bond donors (Lipinski definition) is 0. The third-order valence-corrected chi connectivity index (χ3v) is 2.22. The zero-order valence-corrected chi connectivity index (χ0v) is 8.47. The molecule has 0 fully saturated rings. The average molecular weight is 177 g/mol. The van der Waals surface area contributed by atoms with Gasteiger partial charge in [0.15, 0.2) is 5.75 Å². The Labute approximate surface area is 80.4 Å². The molecule has 0 unspecified atom stereocenters. The number of rotatable bonds is 4. The summed E-state index contributed by atoms with van der Waals surface area (Å²) in [5, 5.41) is 11.7. The number of para-hydroxylation sites is 1. The highest BCUT2D eigenvalue weighted by Gasteiger charge is 2.06. The average Bonchev–Trinajstić information content (AvgIpc) is 2.13. The first-order chi connectivity index (χ1) is 6.29. The summed E-state index contributed by atoms with van der Waals surface area (Å²) in [6.07, 6.45) is 3.92. The fourth-order valence-corrected chi connectivity index (χ4v) is 1.57. The van der Waals surface area contributed by atoms with Gasteiger partial charge < -0.3 is 0 Å². The Bertz CT molecular complexity index is 242. The van der Waals surface area contributed by atoms with Gasteiger partial charge in [-0.25, -0.2) is 0 Å². The molecule has 1 heteroatoms. The molecule has 0 atom stereocenters. The van der Waals surface area contributed by atoms with E-state index in [4.69, 9.17) is 0 Å². The van der Waals surface area contributed by atoms with Crippen LogP contribution < -0.4 is 0 Å². The molecule has 1 rings (SSSR count). The van der Waals surface area contributed by atoms with E-state index >= 15 is 0 Å². The molecule has 0 N–H and O–H groups in total. The molecule has 0 spiro atoms. The summed E-state index contributed by atoms with van der Waals surface area (Å²) in [4.78, 5) is 0. The second-order valence-electron chi connectivity index (χ2n) is 3.41. The smallest absolute Gasteiger partial charge is 0.184 e. The lowest BCUT2D eigenvalue weighted by Crippen LogP contribution is -1.89. The molecule has 0 aromatic heterocycles. The lowest BCUT2D eigenvalue weighted by molar-refractivity contribution is 0.344. The van der Waals surface area contributed by atoms with Crippen molar-refractivity contribution in [3.63, 3.8) is 0 Å². The summed E-state index contributed by atoms with van der Waals surface area (Å²) < 4.78 is 0. The molecule has 1 aromatic carbocycles. The quantitative estimate of drug-likeness (QED) is 0.667. The van der Waals surface area contributed by atoms with Crippen LogP contribution in [0.3, 0.4) is 0 Å². The first kappa shape index (κ1) is 10.1. The summed E-state index contributed by atoms with van der Waals surface area (Å²) in [6, 6.07) is 5.90. The Kier molecular flexibility index (Phi) is 3.81. The SMILES string of the molecule is CCCc1cccc(CCC)c1[O]. The molecule has 0 aliphatic rings. The van der Waals surface area contributed by atoms with Gasteiger partial charge >= 0.3 is 0 Å². The van der Waals surface area contributed by atoms with Gasteiger partial charge in [-0.15, -0.1) is 0 Å². The maximum Gasteiger partial charge on any atom is 0.184 e. The Morgan fingerprint density at radius 3 is 1.85 bits per heavy atom. The Balaban J connectivity index is 2.89. The van der Waals surface area contributed by atoms with Crippen molar-refractivity contribution in [3.8, 4) is 5.75 Å². The van der Waals surface area contributed by atoms with Gasteiger partial charge in [0.2, 0.25) is 0 Å². The summed E-state index contributed by atoms with van der Waals surface area (Å²) >= 11 is 0. The van der Waals surface area contributed by atoms with E-state index in [0.29, 0.717) is 0 Å². The first-order valence-corrected chi connectivity index (χ1v) is 5.07. The molecule has 1 aromatic rings. The van der Waals surface area contributed by atoms with Crippen molar-refractivity contribution in [3.05, 3.63) is 29.3 Å². The highest BCUT2D eigenvalue weighted by Crippen LogP contribution is 2.25. The van der Waals surface area contributed by atoms with Crippen LogP contribution in [0.1, 0.15) is 37.8 Å². The molecular weight excluding hydrogens is 160 g/mol. The van der Waals surface area contributed by atoms with E-state index < -0.39 is 0 Å². The third-order valence-electron chi connectivity index (χ3n) is 2.22. The van der Waals surface area contributed by atoms with Crippen molar-refractivity contribution < 1.29 is 5.11 Å². The van der Waals surface area contributed by atoms with Gasteiger partial charge in [0.05, 0.1) is 0 Å². The van der Waals surface area contributed by atoms with E-state index in [2.05, 4.69) is 13.8 Å². The first-order valence-electron chi connectivity index (χ1n) is 5.07. The zero-order chi connectivity index (χ0) is 9.68. The highest BCUT2D eigenvalue weighted by molar-refractivity contribution is 5.40. The maximum atomic E-state index is 11.7. The van der Waals surface area contributed by atoms with Crippen LogP contribution >= 0.6 is 0 Å². The van der Waals surface area contributed by atoms with Gasteiger partial charge in [0.1, 0.15) is 0 Å². The summed E-state index contributed by atoms with van der Waals surface area (Å²) in [6.45, 7) is 4.21. The third kappa shape index (κ3) is 2.48. The van der Waals surface area contributed by atoms with Crippen LogP contribution in [0.2, 0.25) is 0 Å². The van der Waals surface area contributed by atoms with Crippen molar-refractivity contribution in [2.24, 2.45) is 0 Å². The molecule has 1 radical (unpaired) electrons. The molecule has 0 saturated carbocycles. The number of benzene rings is 1. The van der Waals surface area contributed by atoms with Crippen molar-refractivity contribution in [2.75, 3.05) is 0 Å². The van der Waals surface area contributed by atoms with E-state index in [1.807, 2.05) is 18.2 Å². The van der Waals surface area contributed by atoms with Crippen molar-refractivity contribution in [1.29, 1.82) is 0 Å². The Morgan fingerprint density at radius 1 is 1.00 bits per heavy atom. The van der Waals surface area contributed by atoms with Crippen molar-refractivity contribution >= 4 is 0 Å². The molecule has 0 amide bonds. The van der Waals surface area contributed by atoms with E-state index in [-0.39, 0.29) is 5.75 Å². The Morgan fingerprint density at radius 2 is 1.46 bits per heavy atom. The predicted molar refractivity (Wildman–Crippen MR) is 54.6 cm³/mol. The van der Waals surface area contributed by atoms with Gasteiger partial charge in [0.25, 0.3) is 0 Å². The van der Waals surface area contributed by atoms with Crippen LogP contribution in [-0.2, 0) is 17.9 Å². The lowest BCUT2D eigenvalue weighted by Gasteiger charge is -2.05. The Hall–Kier alpha value is -0.980. The van der Waals surface area contributed by atoms with E-state index in [0.717, 1.165) is 36.8 Å². The topological polar surface area (TPSA) is 19.9 Å². The number of hydrogen-bond acceptors (Lipinski definition) is 0. The molecule has 1 nitrogen and oxygen atoms in total. The summed E-state index contributed by atoms with van der Waals surface area (Å²) in [5.41, 5.74) is 1.96. The van der Waals surface area contributed by atoms with E-state index in [1.54, 1.807) is 0 Å². The van der Waals surface area contributed by atoms with Crippen LogP contribution in [-0.4, -0.2) is 0 Å². The lowest BCUT2D eigenvalue weighted by atomic mass is 10.0. The summed E-state index contributed by atoms with van der Waals surface area (Å²) in [7, 11) is 0. The van der Waals surface area contributed by atoms with Gasteiger partial charge in [-0.3, -0.25) is 5.11 Å². The monoisotopic (exact) mass is 177 g/mol. The van der Waals surface area contributed by atoms with Gasteiger partial charge in [-0.05, 0) is 24.0 Å². The maximum absolute atomic E-state index is 11.7. The van der Waals surface area contributed by atoms with Gasteiger partial charge in [0, 0.05) is 0 Å². The van der Waals surface area contributed by atoms with Crippen LogP contribution in [0.5, 0.6) is 5.75 Å². The van der Waals surface area contributed by atoms with E-state index in [1.165, 1.54) is 0 Å². The van der Waals surface area contributed by atoms with Crippen molar-refractivity contribution in [2.45, 2.75) is 39.5 Å². The van der Waals surface area contributed by atoms with Gasteiger partial charge in [-0.1, -0.05) is 44.9 Å². The highest BCUT2D eigenvalue weighted by atomic mass is 16.3. The molecule has 0 bridgehead atoms. The zero-order valence-electron chi connectivity index (χ0n) is 8.47. The van der Waals surface area contributed by atoms with Crippen molar-refractivity contribution in [1.82, 2.24) is 0 Å². The fourth-order valence-electron chi connectivity index (χ4n) is 1.57. The minimum atomic E-state index is 0.270. The fraction of sp³-hybridized carbons (Fsp3) is 0.500. The largest absolute Gasteiger partial charge is 0.289 e. The van der Waals surface area contributed by atoms with Gasteiger partial charge in [-0.2, -0.15) is 0 Å². The summed E-state index contributed by atoms with van der Waals surface area (Å²) in [5.74, 6) is 0.270. The molecule has 0 saturated heterocycles. The molecule has 0 heterocycles. The van der Waals surface area contributed by atoms with Crippen LogP contribution in [0, 0.1) is 0 Å². The van der Waals surface area contributed by atoms with Crippen LogP contribution in [0.25, 0.3) is 0 Å². The minimum absolute atomic E-state index is 0.270. The molecule has 13 heavy (non-hydrogen) atoms. The van der Waals surface area contributed by atoms with Crippen LogP contribution in [0.15, 0.2) is 18.2 Å². The van der Waals surface area contributed by atoms with E-state index in [9.17, 15) is 5.11 Å². The second-order valence-corrected chi connectivity index (χ2v) is 3.41. The second kappa shape index (κ2) is 4.90. The molecular formula is C12H17O.